The number of aromatic nitrogens is 2. The molecule has 1 unspecified atom stereocenters. The van der Waals surface area contributed by atoms with Gasteiger partial charge in [0.25, 0.3) is 0 Å². The molecule has 3 heterocycles. The summed E-state index contributed by atoms with van der Waals surface area (Å²) in [6.45, 7) is 3.17. The molecule has 1 aliphatic rings. The molecular formula is C13H16N4S. The van der Waals surface area contributed by atoms with Crippen LogP contribution in [0.5, 0.6) is 0 Å². The van der Waals surface area contributed by atoms with Gasteiger partial charge in [0.2, 0.25) is 0 Å². The molecule has 1 saturated heterocycles. The van der Waals surface area contributed by atoms with E-state index in [0.717, 1.165) is 35.9 Å². The van der Waals surface area contributed by atoms with Gasteiger partial charge in [0.05, 0.1) is 11.7 Å². The molecule has 1 aliphatic heterocycles. The van der Waals surface area contributed by atoms with Gasteiger partial charge in [0, 0.05) is 43.0 Å². The third kappa shape index (κ3) is 2.43. The smallest absolute Gasteiger partial charge is 0.123 e. The molecule has 1 fully saturated rings. The van der Waals surface area contributed by atoms with E-state index in [1.807, 2.05) is 24.5 Å². The first-order valence-corrected chi connectivity index (χ1v) is 6.98. The van der Waals surface area contributed by atoms with E-state index in [1.165, 1.54) is 0 Å². The number of pyridine rings is 1. The molecule has 0 aliphatic carbocycles. The Morgan fingerprint density at radius 2 is 2.22 bits per heavy atom. The fourth-order valence-electron chi connectivity index (χ4n) is 2.17. The lowest BCUT2D eigenvalue weighted by molar-refractivity contribution is 0.238. The first-order valence-electron chi connectivity index (χ1n) is 6.10. The maximum atomic E-state index is 4.74. The molecule has 5 heteroatoms. The van der Waals surface area contributed by atoms with Crippen molar-refractivity contribution < 1.29 is 0 Å². The Bertz CT molecular complexity index is 511. The molecule has 0 bridgehead atoms. The molecule has 94 valence electrons. The third-order valence-electron chi connectivity index (χ3n) is 3.18. The molecule has 18 heavy (non-hydrogen) atoms. The number of hydrogen-bond acceptors (Lipinski definition) is 5. The van der Waals surface area contributed by atoms with Crippen LogP contribution in [0.25, 0.3) is 10.6 Å². The fourth-order valence-corrected chi connectivity index (χ4v) is 3.05. The molecule has 1 N–H and O–H groups in total. The summed E-state index contributed by atoms with van der Waals surface area (Å²) in [6, 6.07) is 4.36. The lowest BCUT2D eigenvalue weighted by Crippen LogP contribution is -2.43. The van der Waals surface area contributed by atoms with Gasteiger partial charge in [-0.25, -0.2) is 4.98 Å². The van der Waals surface area contributed by atoms with Crippen LogP contribution in [0.1, 0.15) is 11.7 Å². The van der Waals surface area contributed by atoms with Crippen LogP contribution in [-0.2, 0) is 0 Å². The SMILES string of the molecule is CN1CCNC(c2csc(-c3ccncc3)n2)C1. The zero-order valence-electron chi connectivity index (χ0n) is 10.3. The lowest BCUT2D eigenvalue weighted by Gasteiger charge is -2.29. The van der Waals surface area contributed by atoms with Gasteiger partial charge >= 0.3 is 0 Å². The fraction of sp³-hybridized carbons (Fsp3) is 0.385. The van der Waals surface area contributed by atoms with Crippen LogP contribution in [0.2, 0.25) is 0 Å². The van der Waals surface area contributed by atoms with Crippen molar-refractivity contribution in [1.29, 1.82) is 0 Å². The average molecular weight is 260 g/mol. The highest BCUT2D eigenvalue weighted by molar-refractivity contribution is 7.13. The van der Waals surface area contributed by atoms with Gasteiger partial charge in [0.1, 0.15) is 5.01 Å². The second kappa shape index (κ2) is 5.14. The number of piperazine rings is 1. The third-order valence-corrected chi connectivity index (χ3v) is 4.09. The van der Waals surface area contributed by atoms with Crippen molar-refractivity contribution in [3.8, 4) is 10.6 Å². The van der Waals surface area contributed by atoms with Crippen LogP contribution in [-0.4, -0.2) is 41.5 Å². The molecule has 0 radical (unpaired) electrons. The molecule has 4 nitrogen and oxygen atoms in total. The van der Waals surface area contributed by atoms with E-state index in [-0.39, 0.29) is 0 Å². The predicted octanol–water partition coefficient (Wildman–Crippen LogP) is 1.78. The van der Waals surface area contributed by atoms with Crippen molar-refractivity contribution in [3.05, 3.63) is 35.6 Å². The summed E-state index contributed by atoms with van der Waals surface area (Å²) in [5, 5.41) is 6.75. The Kier molecular flexibility index (Phi) is 3.36. The van der Waals surface area contributed by atoms with Gasteiger partial charge < -0.3 is 10.2 Å². The highest BCUT2D eigenvalue weighted by Gasteiger charge is 2.20. The number of nitrogens with one attached hydrogen (secondary N) is 1. The molecule has 0 amide bonds. The molecule has 0 aromatic carbocycles. The molecule has 0 saturated carbocycles. The van der Waals surface area contributed by atoms with Crippen molar-refractivity contribution in [2.75, 3.05) is 26.7 Å². The summed E-state index contributed by atoms with van der Waals surface area (Å²) < 4.78 is 0. The van der Waals surface area contributed by atoms with Crippen LogP contribution in [0.4, 0.5) is 0 Å². The van der Waals surface area contributed by atoms with Crippen LogP contribution in [0.3, 0.4) is 0 Å². The summed E-state index contributed by atoms with van der Waals surface area (Å²) in [4.78, 5) is 11.1. The Balaban J connectivity index is 1.81. The van der Waals surface area contributed by atoms with Gasteiger partial charge in [-0.3, -0.25) is 4.98 Å². The Labute approximate surface area is 111 Å². The molecule has 1 atom stereocenters. The van der Waals surface area contributed by atoms with E-state index in [4.69, 9.17) is 4.98 Å². The highest BCUT2D eigenvalue weighted by atomic mass is 32.1. The van der Waals surface area contributed by atoms with Gasteiger partial charge in [-0.1, -0.05) is 0 Å². The maximum Gasteiger partial charge on any atom is 0.123 e. The number of rotatable bonds is 2. The van der Waals surface area contributed by atoms with E-state index in [2.05, 4.69) is 27.6 Å². The average Bonchev–Trinajstić information content (AvgIpc) is 2.89. The zero-order chi connectivity index (χ0) is 12.4. The number of likely N-dealkylation sites (N-methyl/N-ethyl adjacent to an activating group) is 1. The van der Waals surface area contributed by atoms with E-state index >= 15 is 0 Å². The van der Waals surface area contributed by atoms with Crippen LogP contribution >= 0.6 is 11.3 Å². The standard InChI is InChI=1S/C13H16N4S/c1-17-7-6-15-11(8-17)12-9-18-13(16-12)10-2-4-14-5-3-10/h2-5,9,11,15H,6-8H2,1H3. The Morgan fingerprint density at radius 1 is 1.39 bits per heavy atom. The minimum atomic E-state index is 0.357. The molecular weight excluding hydrogens is 244 g/mol. The van der Waals surface area contributed by atoms with Crippen molar-refractivity contribution in [1.82, 2.24) is 20.2 Å². The van der Waals surface area contributed by atoms with Crippen molar-refractivity contribution in [2.24, 2.45) is 0 Å². The maximum absolute atomic E-state index is 4.74. The minimum absolute atomic E-state index is 0.357. The van der Waals surface area contributed by atoms with E-state index in [1.54, 1.807) is 11.3 Å². The van der Waals surface area contributed by atoms with Crippen molar-refractivity contribution >= 4 is 11.3 Å². The number of thiazole rings is 1. The molecule has 2 aromatic heterocycles. The summed E-state index contributed by atoms with van der Waals surface area (Å²) in [7, 11) is 2.16. The molecule has 3 rings (SSSR count). The first-order chi connectivity index (χ1) is 8.83. The van der Waals surface area contributed by atoms with Crippen LogP contribution < -0.4 is 5.32 Å². The van der Waals surface area contributed by atoms with E-state index in [9.17, 15) is 0 Å². The largest absolute Gasteiger partial charge is 0.306 e. The van der Waals surface area contributed by atoms with Gasteiger partial charge in [-0.2, -0.15) is 0 Å². The van der Waals surface area contributed by atoms with Crippen molar-refractivity contribution in [3.63, 3.8) is 0 Å². The normalized spacial score (nSPS) is 21.1. The summed E-state index contributed by atoms with van der Waals surface area (Å²) in [6.07, 6.45) is 3.62. The monoisotopic (exact) mass is 260 g/mol. The zero-order valence-corrected chi connectivity index (χ0v) is 11.2. The van der Waals surface area contributed by atoms with Crippen LogP contribution in [0.15, 0.2) is 29.9 Å². The quantitative estimate of drug-likeness (QED) is 0.893. The van der Waals surface area contributed by atoms with E-state index in [0.29, 0.717) is 6.04 Å². The van der Waals surface area contributed by atoms with Crippen LogP contribution in [0, 0.1) is 0 Å². The topological polar surface area (TPSA) is 41.0 Å². The molecule has 2 aromatic rings. The van der Waals surface area contributed by atoms with Gasteiger partial charge in [0.15, 0.2) is 0 Å². The number of nitrogens with zero attached hydrogens (tertiary/aromatic N) is 3. The summed E-state index contributed by atoms with van der Waals surface area (Å²) in [5.74, 6) is 0. The molecule has 0 spiro atoms. The second-order valence-electron chi connectivity index (χ2n) is 4.58. The van der Waals surface area contributed by atoms with E-state index < -0.39 is 0 Å². The second-order valence-corrected chi connectivity index (χ2v) is 5.44. The highest BCUT2D eigenvalue weighted by Crippen LogP contribution is 2.26. The Hall–Kier alpha value is -1.30. The van der Waals surface area contributed by atoms with Gasteiger partial charge in [-0.15, -0.1) is 11.3 Å². The van der Waals surface area contributed by atoms with Crippen molar-refractivity contribution in [2.45, 2.75) is 6.04 Å². The predicted molar refractivity (Wildman–Crippen MR) is 73.6 cm³/mol. The minimum Gasteiger partial charge on any atom is -0.306 e. The summed E-state index contributed by atoms with van der Waals surface area (Å²) in [5.41, 5.74) is 2.30. The summed E-state index contributed by atoms with van der Waals surface area (Å²) >= 11 is 1.70. The lowest BCUT2D eigenvalue weighted by atomic mass is 10.1. The first kappa shape index (κ1) is 11.8. The Morgan fingerprint density at radius 3 is 3.00 bits per heavy atom. The number of hydrogen-bond donors (Lipinski definition) is 1. The van der Waals surface area contributed by atoms with Gasteiger partial charge in [-0.05, 0) is 19.2 Å².